The molecule has 0 radical (unpaired) electrons. The van der Waals surface area contributed by atoms with Gasteiger partial charge in [0, 0.05) is 20.1 Å². The minimum absolute atomic E-state index is 0.0378. The molecule has 0 rings (SSSR count). The number of nitrogens with two attached hydrogens (primary N) is 1. The van der Waals surface area contributed by atoms with Crippen LogP contribution in [0.2, 0.25) is 0 Å². The number of hydrogen-bond donors (Lipinski definition) is 2. The van der Waals surface area contributed by atoms with Crippen molar-refractivity contribution < 1.29 is 9.53 Å². The van der Waals surface area contributed by atoms with E-state index >= 15 is 0 Å². The third-order valence-electron chi connectivity index (χ3n) is 2.42. The fourth-order valence-electron chi connectivity index (χ4n) is 1.07. The van der Waals surface area contributed by atoms with E-state index in [1.165, 1.54) is 0 Å². The number of rotatable bonds is 7. The number of thiocarbonyl (C=S) groups is 1. The number of methoxy groups -OCH3 is 1. The highest BCUT2D eigenvalue weighted by atomic mass is 32.1. The Morgan fingerprint density at radius 2 is 2.20 bits per heavy atom. The monoisotopic (exact) mass is 232 g/mol. The van der Waals surface area contributed by atoms with Crippen molar-refractivity contribution in [2.24, 2.45) is 5.73 Å². The first-order valence-electron chi connectivity index (χ1n) is 5.06. The molecule has 0 saturated heterocycles. The number of carbonyl (C=O) groups is 1. The molecule has 1 unspecified atom stereocenters. The molecule has 5 heteroatoms. The van der Waals surface area contributed by atoms with Crippen molar-refractivity contribution in [3.05, 3.63) is 0 Å². The molecular formula is C10H20N2O2S. The van der Waals surface area contributed by atoms with Gasteiger partial charge in [-0.3, -0.25) is 4.79 Å². The SMILES string of the molecule is CCC(C)(NC(=O)CCCOC)C(N)=S. The van der Waals surface area contributed by atoms with Gasteiger partial charge in [-0.05, 0) is 19.8 Å². The molecule has 4 nitrogen and oxygen atoms in total. The first-order chi connectivity index (χ1) is 6.96. The van der Waals surface area contributed by atoms with Crippen molar-refractivity contribution in [3.63, 3.8) is 0 Å². The Labute approximate surface area is 96.5 Å². The van der Waals surface area contributed by atoms with Crippen LogP contribution in [0.15, 0.2) is 0 Å². The lowest BCUT2D eigenvalue weighted by atomic mass is 9.98. The average Bonchev–Trinajstić information content (AvgIpc) is 2.17. The first kappa shape index (κ1) is 14.3. The Morgan fingerprint density at radius 1 is 1.60 bits per heavy atom. The van der Waals surface area contributed by atoms with Gasteiger partial charge >= 0.3 is 0 Å². The summed E-state index contributed by atoms with van der Waals surface area (Å²) in [6.45, 7) is 4.36. The highest BCUT2D eigenvalue weighted by Gasteiger charge is 2.26. The van der Waals surface area contributed by atoms with Gasteiger partial charge in [-0.2, -0.15) is 0 Å². The van der Waals surface area contributed by atoms with Gasteiger partial charge in [-0.1, -0.05) is 19.1 Å². The Kier molecular flexibility index (Phi) is 6.43. The molecule has 0 heterocycles. The van der Waals surface area contributed by atoms with Crippen LogP contribution in [0.25, 0.3) is 0 Å². The fourth-order valence-corrected chi connectivity index (χ4v) is 1.27. The normalized spacial score (nSPS) is 14.3. The molecular weight excluding hydrogens is 212 g/mol. The van der Waals surface area contributed by atoms with Crippen LogP contribution < -0.4 is 11.1 Å². The summed E-state index contributed by atoms with van der Waals surface area (Å²) in [5, 5.41) is 2.84. The lowest BCUT2D eigenvalue weighted by molar-refractivity contribution is -0.122. The molecule has 0 saturated carbocycles. The third kappa shape index (κ3) is 5.09. The second-order valence-corrected chi connectivity index (χ2v) is 4.13. The topological polar surface area (TPSA) is 64.3 Å². The summed E-state index contributed by atoms with van der Waals surface area (Å²) in [6, 6.07) is 0. The second-order valence-electron chi connectivity index (χ2n) is 3.69. The molecule has 0 spiro atoms. The summed E-state index contributed by atoms with van der Waals surface area (Å²) in [7, 11) is 1.61. The molecule has 1 atom stereocenters. The summed E-state index contributed by atoms with van der Waals surface area (Å²) in [5.74, 6) is -0.0378. The van der Waals surface area contributed by atoms with Gasteiger partial charge in [0.05, 0.1) is 10.5 Å². The van der Waals surface area contributed by atoms with Crippen LogP contribution in [0.1, 0.15) is 33.1 Å². The highest BCUT2D eigenvalue weighted by molar-refractivity contribution is 7.80. The van der Waals surface area contributed by atoms with Crippen LogP contribution in [0.4, 0.5) is 0 Å². The zero-order valence-electron chi connectivity index (χ0n) is 9.63. The molecule has 0 aromatic rings. The number of nitrogens with one attached hydrogen (secondary N) is 1. The molecule has 0 bridgehead atoms. The maximum atomic E-state index is 11.5. The summed E-state index contributed by atoms with van der Waals surface area (Å²) in [5.41, 5.74) is 5.01. The van der Waals surface area contributed by atoms with Gasteiger partial charge in [0.2, 0.25) is 5.91 Å². The van der Waals surface area contributed by atoms with Crippen LogP contribution in [-0.4, -0.2) is 30.2 Å². The molecule has 0 aliphatic heterocycles. The molecule has 0 aliphatic carbocycles. The second kappa shape index (κ2) is 6.74. The van der Waals surface area contributed by atoms with E-state index in [1.54, 1.807) is 7.11 Å². The number of hydrogen-bond acceptors (Lipinski definition) is 3. The van der Waals surface area contributed by atoms with Crippen molar-refractivity contribution in [1.29, 1.82) is 0 Å². The predicted molar refractivity (Wildman–Crippen MR) is 64.7 cm³/mol. The van der Waals surface area contributed by atoms with Crippen molar-refractivity contribution in [2.45, 2.75) is 38.6 Å². The van der Waals surface area contributed by atoms with E-state index in [4.69, 9.17) is 22.7 Å². The average molecular weight is 232 g/mol. The van der Waals surface area contributed by atoms with Crippen LogP contribution in [0, 0.1) is 0 Å². The Bertz CT molecular complexity index is 233. The van der Waals surface area contributed by atoms with Crippen molar-refractivity contribution in [3.8, 4) is 0 Å². The zero-order chi connectivity index (χ0) is 11.9. The largest absolute Gasteiger partial charge is 0.391 e. The summed E-state index contributed by atoms with van der Waals surface area (Å²) in [6.07, 6.45) is 1.84. The van der Waals surface area contributed by atoms with E-state index in [2.05, 4.69) is 5.32 Å². The van der Waals surface area contributed by atoms with Crippen molar-refractivity contribution >= 4 is 23.1 Å². The molecule has 15 heavy (non-hydrogen) atoms. The van der Waals surface area contributed by atoms with Gasteiger partial charge in [-0.25, -0.2) is 0 Å². The van der Waals surface area contributed by atoms with E-state index in [1.807, 2.05) is 13.8 Å². The molecule has 0 fully saturated rings. The molecule has 0 aromatic heterocycles. The van der Waals surface area contributed by atoms with Crippen LogP contribution in [0.5, 0.6) is 0 Å². The summed E-state index contributed by atoms with van der Waals surface area (Å²) < 4.78 is 4.87. The minimum Gasteiger partial charge on any atom is -0.391 e. The van der Waals surface area contributed by atoms with Gasteiger partial charge in [0.1, 0.15) is 0 Å². The predicted octanol–water partition coefficient (Wildman–Crippen LogP) is 0.984. The quantitative estimate of drug-likeness (QED) is 0.507. The van der Waals surface area contributed by atoms with Gasteiger partial charge in [0.15, 0.2) is 0 Å². The van der Waals surface area contributed by atoms with Gasteiger partial charge < -0.3 is 15.8 Å². The smallest absolute Gasteiger partial charge is 0.220 e. The van der Waals surface area contributed by atoms with E-state index in [-0.39, 0.29) is 5.91 Å². The minimum atomic E-state index is -0.570. The van der Waals surface area contributed by atoms with Crippen LogP contribution >= 0.6 is 12.2 Å². The van der Waals surface area contributed by atoms with E-state index in [0.717, 1.165) is 0 Å². The van der Waals surface area contributed by atoms with E-state index in [0.29, 0.717) is 30.9 Å². The molecule has 0 aliphatic rings. The Morgan fingerprint density at radius 3 is 2.60 bits per heavy atom. The van der Waals surface area contributed by atoms with Crippen molar-refractivity contribution in [2.75, 3.05) is 13.7 Å². The van der Waals surface area contributed by atoms with Gasteiger partial charge in [-0.15, -0.1) is 0 Å². The van der Waals surface area contributed by atoms with Crippen molar-refractivity contribution in [1.82, 2.24) is 5.32 Å². The number of ether oxygens (including phenoxy) is 1. The highest BCUT2D eigenvalue weighted by Crippen LogP contribution is 2.10. The Balaban J connectivity index is 4.08. The van der Waals surface area contributed by atoms with E-state index < -0.39 is 5.54 Å². The third-order valence-corrected chi connectivity index (χ3v) is 2.87. The number of carbonyl (C=O) groups excluding carboxylic acids is 1. The standard InChI is InChI=1S/C10H20N2O2S/c1-4-10(2,9(11)15)12-8(13)6-5-7-14-3/h4-7H2,1-3H3,(H2,11,15)(H,12,13). The molecule has 3 N–H and O–H groups in total. The Hall–Kier alpha value is -0.680. The fraction of sp³-hybridized carbons (Fsp3) is 0.800. The van der Waals surface area contributed by atoms with Crippen LogP contribution in [-0.2, 0) is 9.53 Å². The number of amides is 1. The molecule has 88 valence electrons. The first-order valence-corrected chi connectivity index (χ1v) is 5.47. The molecule has 1 amide bonds. The lowest BCUT2D eigenvalue weighted by Crippen LogP contribution is -2.54. The maximum absolute atomic E-state index is 11.5. The van der Waals surface area contributed by atoms with Crippen LogP contribution in [0.3, 0.4) is 0 Å². The maximum Gasteiger partial charge on any atom is 0.220 e. The lowest BCUT2D eigenvalue weighted by Gasteiger charge is -2.28. The van der Waals surface area contributed by atoms with Gasteiger partial charge in [0.25, 0.3) is 0 Å². The zero-order valence-corrected chi connectivity index (χ0v) is 10.4. The van der Waals surface area contributed by atoms with E-state index in [9.17, 15) is 4.79 Å². The molecule has 0 aromatic carbocycles. The summed E-state index contributed by atoms with van der Waals surface area (Å²) in [4.78, 5) is 11.8. The summed E-state index contributed by atoms with van der Waals surface area (Å²) >= 11 is 4.92.